The van der Waals surface area contributed by atoms with Crippen molar-refractivity contribution in [2.45, 2.75) is 6.18 Å². The van der Waals surface area contributed by atoms with Gasteiger partial charge in [-0.25, -0.2) is 0 Å². The van der Waals surface area contributed by atoms with Crippen LogP contribution in [0.25, 0.3) is 132 Å². The van der Waals surface area contributed by atoms with Crippen LogP contribution in [0.5, 0.6) is 0 Å². The Morgan fingerprint density at radius 3 is 1.09 bits per heavy atom. The van der Waals surface area contributed by atoms with E-state index in [0.29, 0.717) is 16.8 Å². The van der Waals surface area contributed by atoms with Crippen molar-refractivity contribution < 1.29 is 13.2 Å². The number of hydrogen-bond donors (Lipinski definition) is 0. The van der Waals surface area contributed by atoms with Gasteiger partial charge in [-0.2, -0.15) is 23.7 Å². The quantitative estimate of drug-likeness (QED) is 0.167. The molecule has 366 valence electrons. The summed E-state index contributed by atoms with van der Waals surface area (Å²) in [6.07, 6.45) is -4.77. The first-order chi connectivity index (χ1) is 38.2. The summed E-state index contributed by atoms with van der Waals surface area (Å²) in [5.74, 6) is 0. The summed E-state index contributed by atoms with van der Waals surface area (Å²) in [5.41, 5.74) is 12.2. The van der Waals surface area contributed by atoms with Crippen molar-refractivity contribution in [3.05, 3.63) is 253 Å². The fraction of sp³-hybridized carbons (Fsp3) is 0.0145. The maximum Gasteiger partial charge on any atom is 0.417 e. The Labute approximate surface area is 443 Å². The van der Waals surface area contributed by atoms with Crippen molar-refractivity contribution in [3.63, 3.8) is 0 Å². The Bertz CT molecular complexity index is 5100. The molecule has 0 atom stereocenters. The maximum atomic E-state index is 15.3. The lowest BCUT2D eigenvalue weighted by atomic mass is 9.93. The summed E-state index contributed by atoms with van der Waals surface area (Å²) in [4.78, 5) is 0. The SMILES string of the molecule is N#Cc1ccc(-c2ccc(-c3ccc(C#N)cc3C(F)(F)F)cc2-n2c3ccccc3c3cc4c5ccccc5n(-c5ccccc5)c4cc32)c(-n2c3ccccc3c3cc4c5ccccc5n(-c5ccccc5)c4cc32)c1. The maximum absolute atomic E-state index is 15.3. The Balaban J connectivity index is 1.08. The third-order valence-electron chi connectivity index (χ3n) is 15.6. The monoisotopic (exact) mass is 1010 g/mol. The second kappa shape index (κ2) is 17.0. The normalized spacial score (nSPS) is 12.0. The van der Waals surface area contributed by atoms with Crippen LogP contribution < -0.4 is 0 Å². The lowest BCUT2D eigenvalue weighted by Gasteiger charge is -2.21. The standard InChI is InChI=1S/C69H39F3N6/c70-69(71,72)58-33-42(40-73)27-30-47(58)44-29-32-53(64(35-44)78-62-26-14-10-22-51(62)57-37-55-49-20-8-12-24-60(49)76(66(55)39-68(57)78)46-17-5-2-6-18-46)52-31-28-43(41-74)34-63(52)77-61-25-13-9-21-50(61)56-36-54-48-19-7-11-23-59(48)75(65(54)38-67(56)77)45-15-3-1-4-16-45/h1-39H. The average Bonchev–Trinajstić information content (AvgIpc) is 4.22. The van der Waals surface area contributed by atoms with Crippen LogP contribution in [0.4, 0.5) is 13.2 Å². The largest absolute Gasteiger partial charge is 0.417 e. The van der Waals surface area contributed by atoms with E-state index in [-0.39, 0.29) is 11.1 Å². The van der Waals surface area contributed by atoms with Crippen molar-refractivity contribution in [3.8, 4) is 57.1 Å². The molecule has 6 nitrogen and oxygen atoms in total. The van der Waals surface area contributed by atoms with Gasteiger partial charge < -0.3 is 18.3 Å². The summed E-state index contributed by atoms with van der Waals surface area (Å²) >= 11 is 0. The number of alkyl halides is 3. The zero-order chi connectivity index (χ0) is 52.4. The molecule has 0 fully saturated rings. The molecule has 0 N–H and O–H groups in total. The van der Waals surface area contributed by atoms with E-state index in [2.05, 4.69) is 140 Å². The van der Waals surface area contributed by atoms with Crippen molar-refractivity contribution in [2.24, 2.45) is 0 Å². The van der Waals surface area contributed by atoms with Gasteiger partial charge in [0.15, 0.2) is 0 Å². The molecule has 0 unspecified atom stereocenters. The molecule has 78 heavy (non-hydrogen) atoms. The van der Waals surface area contributed by atoms with E-state index < -0.39 is 11.7 Å². The zero-order valence-corrected chi connectivity index (χ0v) is 41.3. The number of halogens is 3. The highest BCUT2D eigenvalue weighted by molar-refractivity contribution is 6.21. The second-order valence-corrected chi connectivity index (χ2v) is 19.8. The van der Waals surface area contributed by atoms with Gasteiger partial charge in [0, 0.05) is 65.6 Å². The van der Waals surface area contributed by atoms with Crippen LogP contribution in [-0.4, -0.2) is 18.3 Å². The molecule has 15 aromatic rings. The minimum absolute atomic E-state index is 0.0538. The fourth-order valence-electron chi connectivity index (χ4n) is 12.3. The molecule has 0 amide bonds. The molecule has 9 heteroatoms. The van der Waals surface area contributed by atoms with E-state index in [1.807, 2.05) is 103 Å². The lowest BCUT2D eigenvalue weighted by molar-refractivity contribution is -0.137. The molecule has 0 aliphatic carbocycles. The molecule has 0 saturated heterocycles. The minimum Gasteiger partial charge on any atom is -0.309 e. The first-order valence-electron chi connectivity index (χ1n) is 25.6. The van der Waals surface area contributed by atoms with Crippen molar-refractivity contribution in [1.82, 2.24) is 18.3 Å². The Kier molecular flexibility index (Phi) is 9.75. The van der Waals surface area contributed by atoms with Crippen molar-refractivity contribution in [2.75, 3.05) is 0 Å². The number of nitriles is 2. The van der Waals surface area contributed by atoms with Gasteiger partial charge in [-0.3, -0.25) is 0 Å². The van der Waals surface area contributed by atoms with Crippen LogP contribution in [0.3, 0.4) is 0 Å². The molecule has 4 aromatic heterocycles. The van der Waals surface area contributed by atoms with Crippen LogP contribution >= 0.6 is 0 Å². The average molecular weight is 1010 g/mol. The topological polar surface area (TPSA) is 67.3 Å². The summed E-state index contributed by atoms with van der Waals surface area (Å²) < 4.78 is 54.8. The summed E-state index contributed by atoms with van der Waals surface area (Å²) in [6, 6.07) is 82.1. The van der Waals surface area contributed by atoms with Crippen LogP contribution in [0.1, 0.15) is 16.7 Å². The van der Waals surface area contributed by atoms with E-state index in [9.17, 15) is 10.5 Å². The smallest absolute Gasteiger partial charge is 0.309 e. The molecule has 0 spiro atoms. The molecule has 11 aromatic carbocycles. The predicted molar refractivity (Wildman–Crippen MR) is 309 cm³/mol. The van der Waals surface area contributed by atoms with Crippen molar-refractivity contribution >= 4 is 87.2 Å². The Hall–Kier alpha value is -10.6. The van der Waals surface area contributed by atoms with Crippen molar-refractivity contribution in [1.29, 1.82) is 10.5 Å². The number of hydrogen-bond acceptors (Lipinski definition) is 2. The number of nitrogens with zero attached hydrogens (tertiary/aromatic N) is 6. The predicted octanol–water partition coefficient (Wildman–Crippen LogP) is 18.2. The molecular weight excluding hydrogens is 970 g/mol. The molecule has 0 bridgehead atoms. The number of fused-ring (bicyclic) bond motifs is 12. The Morgan fingerprint density at radius 1 is 0.295 bits per heavy atom. The molecular formula is C69H39F3N6. The highest BCUT2D eigenvalue weighted by Crippen LogP contribution is 2.47. The van der Waals surface area contributed by atoms with E-state index in [0.717, 1.165) is 121 Å². The van der Waals surface area contributed by atoms with Crippen LogP contribution in [0.2, 0.25) is 0 Å². The number of para-hydroxylation sites is 6. The first-order valence-corrected chi connectivity index (χ1v) is 25.6. The summed E-state index contributed by atoms with van der Waals surface area (Å²) in [6.45, 7) is 0. The van der Waals surface area contributed by atoms with Gasteiger partial charge in [-0.15, -0.1) is 0 Å². The van der Waals surface area contributed by atoms with Crippen LogP contribution in [0.15, 0.2) is 237 Å². The van der Waals surface area contributed by atoms with Crippen LogP contribution in [-0.2, 0) is 6.18 Å². The van der Waals surface area contributed by atoms with Gasteiger partial charge in [-0.05, 0) is 114 Å². The number of rotatable bonds is 6. The number of benzene rings is 11. The van der Waals surface area contributed by atoms with Crippen LogP contribution in [0, 0.1) is 22.7 Å². The zero-order valence-electron chi connectivity index (χ0n) is 41.3. The van der Waals surface area contributed by atoms with Gasteiger partial charge >= 0.3 is 6.18 Å². The third kappa shape index (κ3) is 6.62. The van der Waals surface area contributed by atoms with E-state index in [4.69, 9.17) is 0 Å². The lowest BCUT2D eigenvalue weighted by Crippen LogP contribution is -2.08. The van der Waals surface area contributed by atoms with Gasteiger partial charge in [0.05, 0.1) is 84.3 Å². The summed E-state index contributed by atoms with van der Waals surface area (Å²) in [5, 5.41) is 28.9. The first kappa shape index (κ1) is 44.8. The molecule has 0 saturated carbocycles. The minimum atomic E-state index is -4.77. The molecule has 0 aliphatic rings. The van der Waals surface area contributed by atoms with Gasteiger partial charge in [0.2, 0.25) is 0 Å². The van der Waals surface area contributed by atoms with Gasteiger partial charge in [0.25, 0.3) is 0 Å². The molecule has 4 heterocycles. The van der Waals surface area contributed by atoms with Gasteiger partial charge in [0.1, 0.15) is 0 Å². The highest BCUT2D eigenvalue weighted by atomic mass is 19.4. The highest BCUT2D eigenvalue weighted by Gasteiger charge is 2.35. The third-order valence-corrected chi connectivity index (χ3v) is 15.6. The van der Waals surface area contributed by atoms with E-state index in [1.54, 1.807) is 6.07 Å². The molecule has 0 radical (unpaired) electrons. The summed E-state index contributed by atoms with van der Waals surface area (Å²) in [7, 11) is 0. The van der Waals surface area contributed by atoms with E-state index in [1.165, 1.54) is 12.1 Å². The van der Waals surface area contributed by atoms with E-state index >= 15 is 13.2 Å². The van der Waals surface area contributed by atoms with Gasteiger partial charge in [-0.1, -0.05) is 133 Å². The number of aromatic nitrogens is 4. The Morgan fingerprint density at radius 2 is 0.654 bits per heavy atom. The fourth-order valence-corrected chi connectivity index (χ4v) is 12.3. The molecule has 15 rings (SSSR count). The second-order valence-electron chi connectivity index (χ2n) is 19.8. The molecule has 0 aliphatic heterocycles.